The molecule has 4 aromatic heterocycles. The zero-order valence-electron chi connectivity index (χ0n) is 48.2. The fourth-order valence-corrected chi connectivity index (χ4v) is 7.21. The van der Waals surface area contributed by atoms with Crippen LogP contribution in [0.2, 0.25) is 0 Å². The summed E-state index contributed by atoms with van der Waals surface area (Å²) in [5, 5.41) is 14.9. The number of amides is 3. The third kappa shape index (κ3) is 23.5. The maximum atomic E-state index is 12.2. The summed E-state index contributed by atoms with van der Waals surface area (Å²) >= 11 is 5.11. The molecule has 3 amide bonds. The largest absolute Gasteiger partial charge is 0.478 e. The summed E-state index contributed by atoms with van der Waals surface area (Å²) in [4.78, 5) is 107. The van der Waals surface area contributed by atoms with Crippen LogP contribution >= 0.6 is 11.6 Å². The molecule has 436 valence electrons. The molecule has 16 nitrogen and oxygen atoms in total. The maximum absolute atomic E-state index is 12.2. The number of imide groups is 1. The standard InChI is InChI=1S/C18H16N2O2.C17H17NO3.C12H9NO2.C10H7NO.C6H9NO.C5H9ClO/c21-17-8-2-1-5-11-20(17)18(22)10-9-14-12-15-6-3-4-7-16(15)19-13-14;1-17(2,3)16(20)21-15(19)9-8-12-10-13-6-4-5-7-14(13)18-11-12;14-12(15)6-5-9-7-10-3-1-2-4-11(10)13-8-9;12-7-8-5-9-3-1-2-4-10(9)11-6-8;8-6-4-2-1-3-5-7-6;1-5(2,3)4(6)7/h2-4,6-10,12-13H,1,5,11H2;4-11H,1-3H3;1-8H,(H,14,15);1-7H;2,4H,1,3,5H2,(H,7,8);1-3H3/b10-9+;9-8+;6-5+;;;. The van der Waals surface area contributed by atoms with E-state index in [2.05, 4.69) is 25.3 Å². The highest BCUT2D eigenvalue weighted by molar-refractivity contribution is 6.64. The molecule has 85 heavy (non-hydrogen) atoms. The van der Waals surface area contributed by atoms with Gasteiger partial charge in [-0.3, -0.25) is 53.6 Å². The van der Waals surface area contributed by atoms with E-state index in [-0.39, 0.29) is 28.4 Å². The molecule has 2 aliphatic heterocycles. The molecule has 0 spiro atoms. The Hall–Kier alpha value is -9.93. The molecule has 0 bridgehead atoms. The van der Waals surface area contributed by atoms with E-state index in [0.29, 0.717) is 12.1 Å². The van der Waals surface area contributed by atoms with Crippen molar-refractivity contribution in [2.45, 2.75) is 67.2 Å². The third-order valence-corrected chi connectivity index (χ3v) is 12.5. The predicted octanol–water partition coefficient (Wildman–Crippen LogP) is 12.9. The SMILES string of the molecule is CC(C)(C)C(=O)Cl.CC(C)(C)C(=O)OC(=O)/C=C/c1cnc2ccccc2c1.O=C(O)/C=C/c1cnc2ccccc2c1.O=C1C=CCCCN1.O=C1C=CCCCN1C(=O)/C=C/c1cnc2ccccc2c1.O=Cc1cnc2ccccc2c1. The second kappa shape index (κ2) is 33.2. The predicted molar refractivity (Wildman–Crippen MR) is 334 cm³/mol. The number of hydrogen-bond donors (Lipinski definition) is 2. The van der Waals surface area contributed by atoms with Crippen LogP contribution in [0.3, 0.4) is 0 Å². The molecule has 6 heterocycles. The number of nitrogens with one attached hydrogen (secondary N) is 1. The Morgan fingerprint density at radius 2 is 0.965 bits per heavy atom. The van der Waals surface area contributed by atoms with Crippen LogP contribution in [0.1, 0.15) is 94.3 Å². The number of esters is 2. The minimum atomic E-state index is -0.955. The lowest BCUT2D eigenvalue weighted by atomic mass is 9.97. The van der Waals surface area contributed by atoms with E-state index in [0.717, 1.165) is 105 Å². The van der Waals surface area contributed by atoms with Gasteiger partial charge in [0.05, 0.1) is 27.5 Å². The molecular formula is C68H67ClN6O10. The van der Waals surface area contributed by atoms with Crippen molar-refractivity contribution < 1.29 is 48.2 Å². The summed E-state index contributed by atoms with van der Waals surface area (Å²) in [7, 11) is 0. The minimum absolute atomic E-state index is 0.0440. The van der Waals surface area contributed by atoms with Gasteiger partial charge in [0.2, 0.25) is 11.1 Å². The molecule has 0 radical (unpaired) electrons. The first-order valence-corrected chi connectivity index (χ1v) is 27.5. The molecule has 10 rings (SSSR count). The first-order valence-electron chi connectivity index (χ1n) is 27.1. The van der Waals surface area contributed by atoms with E-state index in [1.807, 2.05) is 133 Å². The molecule has 0 unspecified atom stereocenters. The number of pyridine rings is 4. The van der Waals surface area contributed by atoms with Crippen LogP contribution in [0, 0.1) is 10.8 Å². The van der Waals surface area contributed by atoms with Gasteiger partial charge in [0.15, 0.2) is 6.29 Å². The van der Waals surface area contributed by atoms with Crippen molar-refractivity contribution in [3.8, 4) is 0 Å². The summed E-state index contributed by atoms with van der Waals surface area (Å²) in [6, 6.07) is 38.5. The average molecular weight is 1160 g/mol. The zero-order valence-corrected chi connectivity index (χ0v) is 48.9. The van der Waals surface area contributed by atoms with Gasteiger partial charge in [-0.25, -0.2) is 9.59 Å². The molecule has 0 saturated heterocycles. The monoisotopic (exact) mass is 1160 g/mol. The van der Waals surface area contributed by atoms with Crippen molar-refractivity contribution >= 4 is 121 Å². The number of ether oxygens (including phenoxy) is 1. The van der Waals surface area contributed by atoms with Crippen LogP contribution < -0.4 is 5.32 Å². The van der Waals surface area contributed by atoms with Gasteiger partial charge in [-0.1, -0.05) is 106 Å². The number of aldehydes is 1. The second-order valence-corrected chi connectivity index (χ2v) is 21.3. The maximum Gasteiger partial charge on any atom is 0.338 e. The molecule has 0 fully saturated rings. The number of para-hydroxylation sites is 4. The number of rotatable bonds is 7. The lowest BCUT2D eigenvalue weighted by molar-refractivity contribution is -0.162. The summed E-state index contributed by atoms with van der Waals surface area (Å²) in [6.45, 7) is 11.7. The first-order chi connectivity index (χ1) is 40.6. The molecule has 2 aliphatic rings. The third-order valence-electron chi connectivity index (χ3n) is 11.9. The minimum Gasteiger partial charge on any atom is -0.478 e. The lowest BCUT2D eigenvalue weighted by Gasteiger charge is -2.15. The number of aromatic nitrogens is 4. The van der Waals surface area contributed by atoms with Crippen LogP contribution in [0.25, 0.3) is 61.8 Å². The number of carboxylic acid groups (broad SMARTS) is 1. The zero-order chi connectivity index (χ0) is 61.8. The Bertz CT molecular complexity index is 3820. The Labute approximate surface area is 498 Å². The summed E-state index contributed by atoms with van der Waals surface area (Å²) in [5.41, 5.74) is 5.57. The molecule has 8 aromatic rings. The van der Waals surface area contributed by atoms with E-state index < -0.39 is 23.3 Å². The molecule has 0 saturated carbocycles. The van der Waals surface area contributed by atoms with Crippen molar-refractivity contribution in [3.63, 3.8) is 0 Å². The normalized spacial score (nSPS) is 13.0. The van der Waals surface area contributed by atoms with Gasteiger partial charge in [-0.05, 0) is 154 Å². The van der Waals surface area contributed by atoms with E-state index in [1.165, 1.54) is 29.2 Å². The van der Waals surface area contributed by atoms with Gasteiger partial charge in [0.25, 0.3) is 11.8 Å². The van der Waals surface area contributed by atoms with Crippen LogP contribution in [0.4, 0.5) is 0 Å². The van der Waals surface area contributed by atoms with Crippen molar-refractivity contribution in [1.82, 2.24) is 30.2 Å². The number of aliphatic carboxylic acids is 1. The number of carbonyl (C=O) groups is 8. The number of benzene rings is 4. The van der Waals surface area contributed by atoms with Crippen molar-refractivity contribution in [1.29, 1.82) is 0 Å². The smallest absolute Gasteiger partial charge is 0.338 e. The van der Waals surface area contributed by atoms with E-state index in [1.54, 1.807) is 84.6 Å². The lowest BCUT2D eigenvalue weighted by Crippen LogP contribution is -2.34. The van der Waals surface area contributed by atoms with Crippen LogP contribution in [-0.2, 0) is 38.3 Å². The van der Waals surface area contributed by atoms with E-state index in [4.69, 9.17) is 21.4 Å². The number of hydrogen-bond acceptors (Lipinski definition) is 13. The molecule has 2 N–H and O–H groups in total. The van der Waals surface area contributed by atoms with Gasteiger partial charge >= 0.3 is 17.9 Å². The van der Waals surface area contributed by atoms with Gasteiger partial charge in [0.1, 0.15) is 0 Å². The second-order valence-electron chi connectivity index (χ2n) is 21.0. The Morgan fingerprint density at radius 1 is 0.565 bits per heavy atom. The average Bonchev–Trinajstić information content (AvgIpc) is 4.09. The Morgan fingerprint density at radius 3 is 1.40 bits per heavy atom. The molecule has 0 atom stereocenters. The first kappa shape index (κ1) is 65.9. The van der Waals surface area contributed by atoms with Crippen LogP contribution in [0.5, 0.6) is 0 Å². The van der Waals surface area contributed by atoms with Gasteiger partial charge in [-0.2, -0.15) is 0 Å². The van der Waals surface area contributed by atoms with Gasteiger partial charge < -0.3 is 15.2 Å². The van der Waals surface area contributed by atoms with Crippen LogP contribution in [-0.4, -0.2) is 90.2 Å². The number of allylic oxidation sites excluding steroid dienone is 2. The number of carbonyl (C=O) groups excluding carboxylic acids is 7. The molecule has 4 aromatic carbocycles. The highest BCUT2D eigenvalue weighted by Crippen LogP contribution is 2.19. The fourth-order valence-electron chi connectivity index (χ4n) is 7.21. The van der Waals surface area contributed by atoms with Gasteiger partial charge in [-0.15, -0.1) is 0 Å². The fraction of sp³-hybridized carbons (Fsp3) is 0.206. The quantitative estimate of drug-likeness (QED) is 0.0497. The highest BCUT2D eigenvalue weighted by atomic mass is 35.5. The van der Waals surface area contributed by atoms with Crippen molar-refractivity contribution in [2.75, 3.05) is 13.1 Å². The summed E-state index contributed by atoms with van der Waals surface area (Å²) in [5.74, 6) is -2.67. The molecule has 0 aliphatic carbocycles. The number of carboxylic acids is 1. The van der Waals surface area contributed by atoms with E-state index in [9.17, 15) is 38.4 Å². The van der Waals surface area contributed by atoms with Gasteiger partial charge in [0, 0.05) is 88.6 Å². The topological polar surface area (TPSA) is 233 Å². The highest BCUT2D eigenvalue weighted by Gasteiger charge is 2.25. The molecule has 17 heteroatoms. The number of halogens is 1. The van der Waals surface area contributed by atoms with Crippen molar-refractivity contribution in [2.24, 2.45) is 10.8 Å². The molecular weight excluding hydrogens is 1100 g/mol. The Balaban J connectivity index is 0.000000195. The Kier molecular flexibility index (Phi) is 25.8. The van der Waals surface area contributed by atoms with Crippen molar-refractivity contribution in [3.05, 3.63) is 211 Å². The van der Waals surface area contributed by atoms with E-state index >= 15 is 0 Å². The number of fused-ring (bicyclic) bond motifs is 4. The summed E-state index contributed by atoms with van der Waals surface area (Å²) in [6.07, 6.45) is 26.5. The summed E-state index contributed by atoms with van der Waals surface area (Å²) < 4.78 is 4.74. The van der Waals surface area contributed by atoms with Crippen LogP contribution in [0.15, 0.2) is 189 Å². The number of nitrogens with zero attached hydrogens (tertiary/aromatic N) is 5.